The van der Waals surface area contributed by atoms with E-state index in [1.54, 1.807) is 12.1 Å². The van der Waals surface area contributed by atoms with Gasteiger partial charge in [0.25, 0.3) is 0 Å². The second kappa shape index (κ2) is 5.93. The SMILES string of the molecule is CN1c2ccccc2CC1(C(=O)OC(C)(C)C)c1ccc(C#N)cc1. The minimum Gasteiger partial charge on any atom is -0.458 e. The topological polar surface area (TPSA) is 53.3 Å². The molecule has 1 atom stereocenters. The molecular weight excluding hydrogens is 312 g/mol. The molecule has 0 aromatic heterocycles. The number of rotatable bonds is 2. The lowest BCUT2D eigenvalue weighted by Gasteiger charge is -2.38. The second-order valence-corrected chi connectivity index (χ2v) is 7.42. The minimum absolute atomic E-state index is 0.275. The zero-order chi connectivity index (χ0) is 18.2. The molecule has 1 unspecified atom stereocenters. The van der Waals surface area contributed by atoms with Crippen LogP contribution >= 0.6 is 0 Å². The molecule has 0 amide bonds. The number of ether oxygens (including phenoxy) is 1. The average Bonchev–Trinajstić information content (AvgIpc) is 2.88. The highest BCUT2D eigenvalue weighted by atomic mass is 16.6. The van der Waals surface area contributed by atoms with Gasteiger partial charge in [0.1, 0.15) is 5.60 Å². The third-order valence-corrected chi connectivity index (χ3v) is 4.60. The van der Waals surface area contributed by atoms with Gasteiger partial charge in [-0.05, 0) is 50.1 Å². The predicted octanol–water partition coefficient (Wildman–Crippen LogP) is 3.79. The number of nitrogens with zero attached hydrogens (tertiary/aromatic N) is 2. The zero-order valence-electron chi connectivity index (χ0n) is 15.0. The maximum Gasteiger partial charge on any atom is 0.337 e. The highest BCUT2D eigenvalue weighted by molar-refractivity contribution is 5.90. The number of anilines is 1. The van der Waals surface area contributed by atoms with E-state index in [2.05, 4.69) is 6.07 Å². The summed E-state index contributed by atoms with van der Waals surface area (Å²) in [5, 5.41) is 9.06. The Morgan fingerprint density at radius 3 is 2.36 bits per heavy atom. The summed E-state index contributed by atoms with van der Waals surface area (Å²) in [5.41, 5.74) is 2.04. The molecule has 0 radical (unpaired) electrons. The predicted molar refractivity (Wildman–Crippen MR) is 97.2 cm³/mol. The van der Waals surface area contributed by atoms with Gasteiger partial charge in [0.2, 0.25) is 0 Å². The molecule has 4 nitrogen and oxygen atoms in total. The maximum atomic E-state index is 13.3. The van der Waals surface area contributed by atoms with Crippen molar-refractivity contribution in [2.24, 2.45) is 0 Å². The standard InChI is InChI=1S/C21H22N2O2/c1-20(2,3)25-19(24)21(17-11-9-15(14-22)10-12-17)13-16-7-5-6-8-18(16)23(21)4/h5-12H,13H2,1-4H3. The monoisotopic (exact) mass is 334 g/mol. The van der Waals surface area contributed by atoms with Crippen LogP contribution in [0.1, 0.15) is 37.5 Å². The van der Waals surface area contributed by atoms with E-state index in [1.807, 2.05) is 69.1 Å². The lowest BCUT2D eigenvalue weighted by atomic mass is 9.85. The van der Waals surface area contributed by atoms with Crippen LogP contribution < -0.4 is 4.90 Å². The Hall–Kier alpha value is -2.80. The van der Waals surface area contributed by atoms with Gasteiger partial charge in [0.15, 0.2) is 5.54 Å². The minimum atomic E-state index is -0.926. The van der Waals surface area contributed by atoms with Crippen LogP contribution in [0, 0.1) is 11.3 Å². The average molecular weight is 334 g/mol. The van der Waals surface area contributed by atoms with E-state index in [9.17, 15) is 4.79 Å². The Bertz CT molecular complexity index is 843. The molecule has 0 saturated heterocycles. The van der Waals surface area contributed by atoms with Crippen LogP contribution in [0.4, 0.5) is 5.69 Å². The summed E-state index contributed by atoms with van der Waals surface area (Å²) in [4.78, 5) is 15.3. The summed E-state index contributed by atoms with van der Waals surface area (Å²) in [5.74, 6) is -0.275. The number of benzene rings is 2. The molecule has 2 aromatic rings. The molecule has 4 heteroatoms. The van der Waals surface area contributed by atoms with E-state index >= 15 is 0 Å². The second-order valence-electron chi connectivity index (χ2n) is 7.42. The molecule has 0 saturated carbocycles. The number of nitriles is 1. The Kier molecular flexibility index (Phi) is 4.04. The molecule has 1 aliphatic rings. The first-order valence-electron chi connectivity index (χ1n) is 8.34. The Labute approximate surface area is 148 Å². The smallest absolute Gasteiger partial charge is 0.337 e. The van der Waals surface area contributed by atoms with Crippen molar-refractivity contribution < 1.29 is 9.53 Å². The molecule has 0 bridgehead atoms. The number of hydrogen-bond acceptors (Lipinski definition) is 4. The summed E-state index contributed by atoms with van der Waals surface area (Å²) >= 11 is 0. The summed E-state index contributed by atoms with van der Waals surface area (Å²) < 4.78 is 5.79. The molecule has 0 N–H and O–H groups in total. The molecule has 1 aliphatic heterocycles. The molecule has 0 spiro atoms. The van der Waals surface area contributed by atoms with Crippen LogP contribution in [0.3, 0.4) is 0 Å². The third kappa shape index (κ3) is 2.87. The normalized spacial score (nSPS) is 19.2. The van der Waals surface area contributed by atoms with Gasteiger partial charge in [-0.15, -0.1) is 0 Å². The molecule has 0 aliphatic carbocycles. The molecule has 3 rings (SSSR count). The van der Waals surface area contributed by atoms with Crippen LogP contribution in [0.5, 0.6) is 0 Å². The van der Waals surface area contributed by atoms with E-state index < -0.39 is 11.1 Å². The Morgan fingerprint density at radius 2 is 1.80 bits per heavy atom. The molecule has 25 heavy (non-hydrogen) atoms. The molecule has 2 aromatic carbocycles. The van der Waals surface area contributed by atoms with Crippen LogP contribution in [-0.2, 0) is 21.5 Å². The number of carbonyl (C=O) groups excluding carboxylic acids is 1. The van der Waals surface area contributed by atoms with Crippen molar-refractivity contribution in [1.82, 2.24) is 0 Å². The highest BCUT2D eigenvalue weighted by Gasteiger charge is 2.51. The van der Waals surface area contributed by atoms with Crippen LogP contribution in [-0.4, -0.2) is 18.6 Å². The van der Waals surface area contributed by atoms with Crippen molar-refractivity contribution in [3.63, 3.8) is 0 Å². The van der Waals surface area contributed by atoms with Crippen molar-refractivity contribution in [3.05, 3.63) is 65.2 Å². The van der Waals surface area contributed by atoms with Crippen LogP contribution in [0.15, 0.2) is 48.5 Å². The summed E-state index contributed by atoms with van der Waals surface area (Å²) in [6.07, 6.45) is 0.542. The first-order chi connectivity index (χ1) is 11.8. The van der Waals surface area contributed by atoms with Gasteiger partial charge in [-0.1, -0.05) is 30.3 Å². The maximum absolute atomic E-state index is 13.3. The van der Waals surface area contributed by atoms with Gasteiger partial charge in [0, 0.05) is 19.2 Å². The fraction of sp³-hybridized carbons (Fsp3) is 0.333. The number of hydrogen-bond donors (Lipinski definition) is 0. The molecule has 128 valence electrons. The quantitative estimate of drug-likeness (QED) is 0.784. The fourth-order valence-electron chi connectivity index (χ4n) is 3.39. The van der Waals surface area contributed by atoms with Crippen molar-refractivity contribution in [1.29, 1.82) is 5.26 Å². The van der Waals surface area contributed by atoms with Crippen molar-refractivity contribution in [2.45, 2.75) is 38.3 Å². The van der Waals surface area contributed by atoms with E-state index in [0.29, 0.717) is 12.0 Å². The zero-order valence-corrected chi connectivity index (χ0v) is 15.0. The van der Waals surface area contributed by atoms with Gasteiger partial charge in [-0.3, -0.25) is 0 Å². The molecule has 0 fully saturated rings. The fourth-order valence-corrected chi connectivity index (χ4v) is 3.39. The number of esters is 1. The molecular formula is C21H22N2O2. The number of carbonyl (C=O) groups is 1. The van der Waals surface area contributed by atoms with Gasteiger partial charge in [-0.25, -0.2) is 4.79 Å². The van der Waals surface area contributed by atoms with Gasteiger partial charge >= 0.3 is 5.97 Å². The summed E-state index contributed by atoms with van der Waals surface area (Å²) in [6.45, 7) is 5.62. The Balaban J connectivity index is 2.13. The first kappa shape index (κ1) is 17.0. The summed E-state index contributed by atoms with van der Waals surface area (Å²) in [7, 11) is 1.92. The van der Waals surface area contributed by atoms with Gasteiger partial charge in [0.05, 0.1) is 11.6 Å². The van der Waals surface area contributed by atoms with Crippen molar-refractivity contribution in [2.75, 3.05) is 11.9 Å². The van der Waals surface area contributed by atoms with E-state index in [1.165, 1.54) is 0 Å². The Morgan fingerprint density at radius 1 is 1.16 bits per heavy atom. The van der Waals surface area contributed by atoms with Gasteiger partial charge in [-0.2, -0.15) is 5.26 Å². The lowest BCUT2D eigenvalue weighted by molar-refractivity contribution is -0.161. The number of fused-ring (bicyclic) bond motifs is 1. The van der Waals surface area contributed by atoms with Crippen molar-refractivity contribution in [3.8, 4) is 6.07 Å². The number of likely N-dealkylation sites (N-methyl/N-ethyl adjacent to an activating group) is 1. The van der Waals surface area contributed by atoms with E-state index in [0.717, 1.165) is 16.8 Å². The van der Waals surface area contributed by atoms with E-state index in [-0.39, 0.29) is 5.97 Å². The van der Waals surface area contributed by atoms with Crippen LogP contribution in [0.2, 0.25) is 0 Å². The first-order valence-corrected chi connectivity index (χ1v) is 8.34. The summed E-state index contributed by atoms with van der Waals surface area (Å²) in [6, 6.07) is 17.3. The largest absolute Gasteiger partial charge is 0.458 e. The lowest BCUT2D eigenvalue weighted by Crippen LogP contribution is -2.51. The molecule has 1 heterocycles. The van der Waals surface area contributed by atoms with Gasteiger partial charge < -0.3 is 9.64 Å². The van der Waals surface area contributed by atoms with E-state index in [4.69, 9.17) is 10.00 Å². The number of para-hydroxylation sites is 1. The van der Waals surface area contributed by atoms with Crippen molar-refractivity contribution >= 4 is 11.7 Å². The highest BCUT2D eigenvalue weighted by Crippen LogP contribution is 2.45. The third-order valence-electron chi connectivity index (χ3n) is 4.60. The van der Waals surface area contributed by atoms with Crippen LogP contribution in [0.25, 0.3) is 0 Å².